The summed E-state index contributed by atoms with van der Waals surface area (Å²) in [6, 6.07) is 13.3. The second-order valence-corrected chi connectivity index (χ2v) is 6.67. The maximum absolute atomic E-state index is 3.45. The smallest absolute Gasteiger partial charge is 0.0498 e. The van der Waals surface area contributed by atoms with Gasteiger partial charge in [-0.1, -0.05) is 54.6 Å². The Hall–Kier alpha value is -1.71. The summed E-state index contributed by atoms with van der Waals surface area (Å²) in [5.74, 6) is 0. The predicted molar refractivity (Wildman–Crippen MR) is 95.7 cm³/mol. The summed E-state index contributed by atoms with van der Waals surface area (Å²) in [6.45, 7) is 5.24. The first-order chi connectivity index (χ1) is 10.7. The molecule has 0 fully saturated rings. The van der Waals surface area contributed by atoms with Crippen LogP contribution in [0.2, 0.25) is 0 Å². The molecule has 1 aromatic heterocycles. The third-order valence-electron chi connectivity index (χ3n) is 3.95. The van der Waals surface area contributed by atoms with Crippen LogP contribution in [-0.4, -0.2) is 12.0 Å². The molecule has 3 heteroatoms. The van der Waals surface area contributed by atoms with Gasteiger partial charge in [0.25, 0.3) is 0 Å². The lowest BCUT2D eigenvalue weighted by Crippen LogP contribution is -2.06. The first-order valence-corrected chi connectivity index (χ1v) is 8.55. The molecule has 0 atom stereocenters. The lowest BCUT2D eigenvalue weighted by atomic mass is 10.1. The first-order valence-electron chi connectivity index (χ1n) is 7.74. The van der Waals surface area contributed by atoms with Gasteiger partial charge in [-0.05, 0) is 37.6 Å². The van der Waals surface area contributed by atoms with Crippen LogP contribution >= 0.6 is 11.8 Å². The molecule has 3 rings (SSSR count). The first kappa shape index (κ1) is 15.2. The van der Waals surface area contributed by atoms with Gasteiger partial charge in [0.1, 0.15) is 0 Å². The van der Waals surface area contributed by atoms with E-state index in [0.717, 1.165) is 13.0 Å². The van der Waals surface area contributed by atoms with Crippen LogP contribution in [0.5, 0.6) is 0 Å². The number of para-hydroxylation sites is 1. The molecule has 0 bridgehead atoms. The van der Waals surface area contributed by atoms with E-state index in [1.165, 1.54) is 37.4 Å². The minimum absolute atomic E-state index is 0.895. The molecule has 0 unspecified atom stereocenters. The van der Waals surface area contributed by atoms with E-state index in [-0.39, 0.29) is 0 Å². The largest absolute Gasteiger partial charge is 0.360 e. The topological polar surface area (TPSA) is 27.8 Å². The number of hydrogen-bond acceptors (Lipinski definition) is 2. The number of H-pyrrole nitrogens is 1. The fraction of sp³-hybridized carbons (Fsp3) is 0.263. The Kier molecular flexibility index (Phi) is 4.55. The molecule has 2 N–H and O–H groups in total. The minimum atomic E-state index is 0.895. The number of hydrogen-bond donors (Lipinski definition) is 2. The van der Waals surface area contributed by atoms with E-state index in [1.807, 2.05) is 18.8 Å². The Balaban J connectivity index is 2.00. The van der Waals surface area contributed by atoms with Crippen molar-refractivity contribution >= 4 is 22.7 Å². The third kappa shape index (κ3) is 2.92. The summed E-state index contributed by atoms with van der Waals surface area (Å²) >= 11 is 1.85. The zero-order valence-electron chi connectivity index (χ0n) is 13.4. The fourth-order valence-electron chi connectivity index (χ4n) is 2.83. The number of aromatic nitrogens is 1. The van der Waals surface area contributed by atoms with E-state index in [4.69, 9.17) is 0 Å². The van der Waals surface area contributed by atoms with Gasteiger partial charge in [0.15, 0.2) is 0 Å². The summed E-state index contributed by atoms with van der Waals surface area (Å²) in [4.78, 5) is 6.07. The predicted octanol–water partition coefficient (Wildman–Crippen LogP) is 4.91. The number of fused-ring (bicyclic) bond motifs is 1. The van der Waals surface area contributed by atoms with E-state index < -0.39 is 0 Å². The highest BCUT2D eigenvalue weighted by Gasteiger charge is 2.10. The zero-order valence-corrected chi connectivity index (χ0v) is 14.2. The highest BCUT2D eigenvalue weighted by molar-refractivity contribution is 7.99. The molecule has 0 aliphatic rings. The van der Waals surface area contributed by atoms with E-state index in [1.54, 1.807) is 0 Å². The van der Waals surface area contributed by atoms with E-state index in [0.29, 0.717) is 0 Å². The van der Waals surface area contributed by atoms with Crippen molar-refractivity contribution in [2.45, 2.75) is 36.6 Å². The Morgan fingerprint density at radius 3 is 2.73 bits per heavy atom. The average Bonchev–Trinajstić information content (AvgIpc) is 2.93. The maximum Gasteiger partial charge on any atom is 0.0498 e. The number of aromatic amines is 1. The molecule has 0 spiro atoms. The molecular formula is C19H22N2S. The van der Waals surface area contributed by atoms with Crippen molar-refractivity contribution in [1.29, 1.82) is 0 Å². The Labute approximate surface area is 136 Å². The maximum atomic E-state index is 3.45. The fourth-order valence-corrected chi connectivity index (χ4v) is 3.86. The van der Waals surface area contributed by atoms with Gasteiger partial charge >= 0.3 is 0 Å². The molecule has 0 radical (unpaired) electrons. The molecule has 0 aliphatic carbocycles. The molecule has 22 heavy (non-hydrogen) atoms. The molecule has 0 saturated carbocycles. The van der Waals surface area contributed by atoms with Crippen molar-refractivity contribution in [2.24, 2.45) is 0 Å². The molecule has 114 valence electrons. The lowest BCUT2D eigenvalue weighted by Gasteiger charge is -2.09. The van der Waals surface area contributed by atoms with Crippen LogP contribution in [0, 0.1) is 6.92 Å². The quantitative estimate of drug-likeness (QED) is 0.701. The van der Waals surface area contributed by atoms with Gasteiger partial charge in [0.05, 0.1) is 0 Å². The van der Waals surface area contributed by atoms with Crippen molar-refractivity contribution in [1.82, 2.24) is 10.3 Å². The van der Waals surface area contributed by atoms with Crippen LogP contribution < -0.4 is 5.32 Å². The second kappa shape index (κ2) is 6.59. The van der Waals surface area contributed by atoms with E-state index in [9.17, 15) is 0 Å². The van der Waals surface area contributed by atoms with Crippen molar-refractivity contribution in [2.75, 3.05) is 7.05 Å². The number of aryl methyl sites for hydroxylation is 2. The zero-order chi connectivity index (χ0) is 15.5. The monoisotopic (exact) mass is 310 g/mol. The van der Waals surface area contributed by atoms with Gasteiger partial charge in [0, 0.05) is 33.4 Å². The molecule has 0 amide bonds. The minimum Gasteiger partial charge on any atom is -0.360 e. The van der Waals surface area contributed by atoms with Crippen LogP contribution in [0.4, 0.5) is 0 Å². The summed E-state index contributed by atoms with van der Waals surface area (Å²) in [6.07, 6.45) is 3.19. The van der Waals surface area contributed by atoms with Crippen LogP contribution in [0.1, 0.15) is 23.6 Å². The Morgan fingerprint density at radius 2 is 1.95 bits per heavy atom. The van der Waals surface area contributed by atoms with Crippen LogP contribution in [0.15, 0.2) is 52.4 Å². The number of nitrogens with one attached hydrogen (secondary N) is 2. The Morgan fingerprint density at radius 1 is 1.09 bits per heavy atom. The van der Waals surface area contributed by atoms with Crippen molar-refractivity contribution < 1.29 is 0 Å². The van der Waals surface area contributed by atoms with E-state index >= 15 is 0 Å². The molecule has 2 aromatic carbocycles. The average molecular weight is 310 g/mol. The molecule has 3 aromatic rings. The summed E-state index contributed by atoms with van der Waals surface area (Å²) in [5, 5.41) is 4.59. The molecular weight excluding hydrogens is 288 g/mol. The molecule has 0 aliphatic heterocycles. The van der Waals surface area contributed by atoms with Crippen LogP contribution in [0.25, 0.3) is 10.9 Å². The molecule has 1 heterocycles. The standard InChI is InChI=1S/C19H22N2S/c1-4-14-6-5-7-16-18(12-21-19(14)16)22-17-9-8-13(2)10-15(17)11-20-3/h5-10,12,20-21H,4,11H2,1-3H3. The van der Waals surface area contributed by atoms with Crippen molar-refractivity contribution in [3.05, 3.63) is 59.3 Å². The van der Waals surface area contributed by atoms with Gasteiger partial charge in [-0.3, -0.25) is 0 Å². The number of benzene rings is 2. The lowest BCUT2D eigenvalue weighted by molar-refractivity contribution is 0.802. The van der Waals surface area contributed by atoms with Gasteiger partial charge in [-0.25, -0.2) is 0 Å². The van der Waals surface area contributed by atoms with Gasteiger partial charge in [-0.2, -0.15) is 0 Å². The number of rotatable bonds is 5. The third-order valence-corrected chi connectivity index (χ3v) is 5.12. The normalized spacial score (nSPS) is 11.2. The van der Waals surface area contributed by atoms with Crippen molar-refractivity contribution in [3.63, 3.8) is 0 Å². The highest BCUT2D eigenvalue weighted by atomic mass is 32.2. The summed E-state index contributed by atoms with van der Waals surface area (Å²) < 4.78 is 0. The van der Waals surface area contributed by atoms with E-state index in [2.05, 4.69) is 66.7 Å². The second-order valence-electron chi connectivity index (χ2n) is 5.59. The Bertz CT molecular complexity index is 789. The van der Waals surface area contributed by atoms with Crippen molar-refractivity contribution in [3.8, 4) is 0 Å². The summed E-state index contributed by atoms with van der Waals surface area (Å²) in [7, 11) is 2.00. The molecule has 0 saturated heterocycles. The van der Waals surface area contributed by atoms with Gasteiger partial charge in [-0.15, -0.1) is 0 Å². The van der Waals surface area contributed by atoms with Gasteiger partial charge in [0.2, 0.25) is 0 Å². The van der Waals surface area contributed by atoms with Crippen LogP contribution in [-0.2, 0) is 13.0 Å². The highest BCUT2D eigenvalue weighted by Crippen LogP contribution is 2.36. The van der Waals surface area contributed by atoms with Gasteiger partial charge < -0.3 is 10.3 Å². The van der Waals surface area contributed by atoms with Crippen LogP contribution in [0.3, 0.4) is 0 Å². The summed E-state index contributed by atoms with van der Waals surface area (Å²) in [5.41, 5.74) is 5.31. The molecule has 2 nitrogen and oxygen atoms in total. The SMILES string of the molecule is CCc1cccc2c(Sc3ccc(C)cc3CNC)c[nH]c12.